The molecule has 1 saturated heterocycles. The second-order valence-electron chi connectivity index (χ2n) is 8.00. The molecular weight excluding hydrogens is 418 g/mol. The fourth-order valence-corrected chi connectivity index (χ4v) is 4.53. The molecule has 1 amide bonds. The third kappa shape index (κ3) is 5.02. The van der Waals surface area contributed by atoms with E-state index in [9.17, 15) is 4.79 Å². The molecule has 5 nitrogen and oxygen atoms in total. The molecule has 0 spiro atoms. The first-order valence-electron chi connectivity index (χ1n) is 10.8. The Hall–Kier alpha value is -3.12. The standard InChI is InChI=1S/C26H29N3O2S/c1-19-8-11-21(12-9-19)27-32-22-13-10-20(2)23(18-22)26(30)29-16-14-28(15-17-29)24-6-4-5-7-25(24)31-3/h4-13,18,27H,14-17H2,1-3H3. The van der Waals surface area contributed by atoms with Gasteiger partial charge in [0.25, 0.3) is 5.91 Å². The van der Waals surface area contributed by atoms with Crippen molar-refractivity contribution in [3.63, 3.8) is 0 Å². The van der Waals surface area contributed by atoms with E-state index in [0.717, 1.165) is 46.2 Å². The van der Waals surface area contributed by atoms with Crippen molar-refractivity contribution >= 4 is 29.2 Å². The van der Waals surface area contributed by atoms with Gasteiger partial charge in [-0.1, -0.05) is 35.9 Å². The Bertz CT molecular complexity index is 1080. The van der Waals surface area contributed by atoms with Gasteiger partial charge in [0.2, 0.25) is 0 Å². The number of hydrogen-bond donors (Lipinski definition) is 1. The summed E-state index contributed by atoms with van der Waals surface area (Å²) in [6.45, 7) is 7.03. The van der Waals surface area contributed by atoms with Gasteiger partial charge in [-0.15, -0.1) is 0 Å². The number of piperazine rings is 1. The molecule has 3 aromatic rings. The second kappa shape index (κ2) is 10.0. The van der Waals surface area contributed by atoms with E-state index in [1.165, 1.54) is 17.5 Å². The normalized spacial score (nSPS) is 13.7. The molecule has 0 unspecified atom stereocenters. The quantitative estimate of drug-likeness (QED) is 0.513. The van der Waals surface area contributed by atoms with Crippen LogP contribution in [0.5, 0.6) is 5.75 Å². The molecule has 1 N–H and O–H groups in total. The number of ether oxygens (including phenoxy) is 1. The summed E-state index contributed by atoms with van der Waals surface area (Å²) < 4.78 is 8.86. The van der Waals surface area contributed by atoms with E-state index < -0.39 is 0 Å². The van der Waals surface area contributed by atoms with E-state index in [1.807, 2.05) is 42.2 Å². The van der Waals surface area contributed by atoms with Gasteiger partial charge in [-0.25, -0.2) is 0 Å². The van der Waals surface area contributed by atoms with E-state index in [0.29, 0.717) is 13.1 Å². The zero-order chi connectivity index (χ0) is 22.5. The Morgan fingerprint density at radius 2 is 1.66 bits per heavy atom. The first kappa shape index (κ1) is 22.1. The number of nitrogens with one attached hydrogen (secondary N) is 1. The number of hydrogen-bond acceptors (Lipinski definition) is 5. The molecule has 4 rings (SSSR count). The van der Waals surface area contributed by atoms with E-state index in [2.05, 4.69) is 52.9 Å². The fourth-order valence-electron chi connectivity index (χ4n) is 3.85. The molecule has 0 saturated carbocycles. The van der Waals surface area contributed by atoms with Gasteiger partial charge in [-0.3, -0.25) is 4.79 Å². The van der Waals surface area contributed by atoms with Gasteiger partial charge >= 0.3 is 0 Å². The molecule has 0 aromatic heterocycles. The lowest BCUT2D eigenvalue weighted by atomic mass is 10.1. The SMILES string of the molecule is COc1ccccc1N1CCN(C(=O)c2cc(SNc3ccc(C)cc3)ccc2C)CC1. The molecule has 166 valence electrons. The van der Waals surface area contributed by atoms with Crippen LogP contribution in [0.1, 0.15) is 21.5 Å². The Balaban J connectivity index is 1.41. The molecule has 1 fully saturated rings. The summed E-state index contributed by atoms with van der Waals surface area (Å²) in [5.41, 5.74) is 5.13. The van der Waals surface area contributed by atoms with Gasteiger partial charge in [0.15, 0.2) is 0 Å². The number of aryl methyl sites for hydroxylation is 2. The van der Waals surface area contributed by atoms with E-state index in [4.69, 9.17) is 4.74 Å². The smallest absolute Gasteiger partial charge is 0.254 e. The topological polar surface area (TPSA) is 44.8 Å². The molecule has 0 aliphatic carbocycles. The Morgan fingerprint density at radius 3 is 2.38 bits per heavy atom. The Labute approximate surface area is 194 Å². The van der Waals surface area contributed by atoms with E-state index >= 15 is 0 Å². The van der Waals surface area contributed by atoms with Crippen LogP contribution in [0.4, 0.5) is 11.4 Å². The van der Waals surface area contributed by atoms with E-state index in [-0.39, 0.29) is 5.91 Å². The van der Waals surface area contributed by atoms with Crippen LogP contribution in [-0.4, -0.2) is 44.1 Å². The summed E-state index contributed by atoms with van der Waals surface area (Å²) in [5, 5.41) is 0. The molecule has 1 heterocycles. The molecule has 6 heteroatoms. The van der Waals surface area contributed by atoms with Crippen LogP contribution in [0.2, 0.25) is 0 Å². The van der Waals surface area contributed by atoms with Crippen molar-refractivity contribution in [2.75, 3.05) is 42.9 Å². The summed E-state index contributed by atoms with van der Waals surface area (Å²) in [7, 11) is 1.69. The Morgan fingerprint density at radius 1 is 0.938 bits per heavy atom. The van der Waals surface area contributed by atoms with E-state index in [1.54, 1.807) is 7.11 Å². The van der Waals surface area contributed by atoms with Gasteiger partial charge in [-0.2, -0.15) is 0 Å². The summed E-state index contributed by atoms with van der Waals surface area (Å²) in [5.74, 6) is 0.967. The second-order valence-corrected chi connectivity index (χ2v) is 8.88. The number of anilines is 2. The lowest BCUT2D eigenvalue weighted by molar-refractivity contribution is 0.0745. The lowest BCUT2D eigenvalue weighted by Crippen LogP contribution is -2.49. The minimum Gasteiger partial charge on any atom is -0.495 e. The van der Waals surface area contributed by atoms with Gasteiger partial charge < -0.3 is 19.3 Å². The summed E-state index contributed by atoms with van der Waals surface area (Å²) >= 11 is 1.53. The first-order chi connectivity index (χ1) is 15.5. The first-order valence-corrected chi connectivity index (χ1v) is 11.6. The number of rotatable bonds is 6. The number of amides is 1. The average molecular weight is 448 g/mol. The minimum atomic E-state index is 0.0972. The number of para-hydroxylation sites is 2. The van der Waals surface area contributed by atoms with Crippen molar-refractivity contribution in [2.24, 2.45) is 0 Å². The van der Waals surface area contributed by atoms with Crippen molar-refractivity contribution in [1.29, 1.82) is 0 Å². The highest BCUT2D eigenvalue weighted by Gasteiger charge is 2.24. The third-order valence-electron chi connectivity index (χ3n) is 5.77. The van der Waals surface area contributed by atoms with Crippen LogP contribution in [0.15, 0.2) is 71.6 Å². The number of carbonyl (C=O) groups is 1. The summed E-state index contributed by atoms with van der Waals surface area (Å²) in [6.07, 6.45) is 0. The van der Waals surface area contributed by atoms with Crippen LogP contribution < -0.4 is 14.4 Å². The minimum absolute atomic E-state index is 0.0972. The van der Waals surface area contributed by atoms with Crippen LogP contribution in [0.3, 0.4) is 0 Å². The van der Waals surface area contributed by atoms with Gasteiger partial charge in [0, 0.05) is 42.3 Å². The highest BCUT2D eigenvalue weighted by molar-refractivity contribution is 8.00. The summed E-state index contributed by atoms with van der Waals surface area (Å²) in [4.78, 5) is 18.6. The van der Waals surface area contributed by atoms with Gasteiger partial charge in [0.05, 0.1) is 12.8 Å². The molecule has 0 atom stereocenters. The molecular formula is C26H29N3O2S. The van der Waals surface area contributed by atoms with Crippen LogP contribution in [0, 0.1) is 13.8 Å². The third-order valence-corrected chi connectivity index (χ3v) is 6.60. The predicted octanol–water partition coefficient (Wildman–Crippen LogP) is 5.39. The number of nitrogens with zero attached hydrogens (tertiary/aromatic N) is 2. The number of methoxy groups -OCH3 is 1. The lowest BCUT2D eigenvalue weighted by Gasteiger charge is -2.36. The maximum atomic E-state index is 13.3. The molecule has 0 bridgehead atoms. The predicted molar refractivity (Wildman–Crippen MR) is 133 cm³/mol. The van der Waals surface area contributed by atoms with Crippen LogP contribution in [0.25, 0.3) is 0 Å². The summed E-state index contributed by atoms with van der Waals surface area (Å²) in [6, 6.07) is 22.4. The monoisotopic (exact) mass is 447 g/mol. The van der Waals surface area contributed by atoms with Crippen molar-refractivity contribution in [3.8, 4) is 5.75 Å². The van der Waals surface area contributed by atoms with Gasteiger partial charge in [0.1, 0.15) is 5.75 Å². The van der Waals surface area contributed by atoms with Crippen LogP contribution in [-0.2, 0) is 0 Å². The van der Waals surface area contributed by atoms with Crippen molar-refractivity contribution in [3.05, 3.63) is 83.4 Å². The van der Waals surface area contributed by atoms with Crippen LogP contribution >= 0.6 is 11.9 Å². The highest BCUT2D eigenvalue weighted by atomic mass is 32.2. The van der Waals surface area contributed by atoms with Crippen molar-refractivity contribution < 1.29 is 9.53 Å². The largest absolute Gasteiger partial charge is 0.495 e. The van der Waals surface area contributed by atoms with Gasteiger partial charge in [-0.05, 0) is 67.8 Å². The molecule has 32 heavy (non-hydrogen) atoms. The Kier molecular flexibility index (Phi) is 6.90. The fraction of sp³-hybridized carbons (Fsp3) is 0.269. The maximum Gasteiger partial charge on any atom is 0.254 e. The highest BCUT2D eigenvalue weighted by Crippen LogP contribution is 2.29. The number of carbonyl (C=O) groups excluding carboxylic acids is 1. The maximum absolute atomic E-state index is 13.3. The molecule has 0 radical (unpaired) electrons. The molecule has 3 aromatic carbocycles. The zero-order valence-electron chi connectivity index (χ0n) is 18.8. The molecule has 1 aliphatic heterocycles. The average Bonchev–Trinajstić information content (AvgIpc) is 2.84. The molecule has 1 aliphatic rings. The number of benzene rings is 3. The zero-order valence-corrected chi connectivity index (χ0v) is 19.6. The van der Waals surface area contributed by atoms with Crippen molar-refractivity contribution in [2.45, 2.75) is 18.7 Å². The van der Waals surface area contributed by atoms with Crippen molar-refractivity contribution in [1.82, 2.24) is 4.90 Å².